The first kappa shape index (κ1) is 13.1. The molecule has 3 rings (SSSR count). The number of nitrogens with one attached hydrogen (secondary N) is 1. The number of carbonyl (C=O) groups is 1. The SMILES string of the molecule is C=CC(=O)Nc1cccc(-c2ccc3oc(C)nc3c2)c1. The Kier molecular flexibility index (Phi) is 3.28. The molecular weight excluding hydrogens is 264 g/mol. The summed E-state index contributed by atoms with van der Waals surface area (Å²) in [5.41, 5.74) is 4.34. The van der Waals surface area contributed by atoms with Crippen LogP contribution in [0.2, 0.25) is 0 Å². The number of benzene rings is 2. The summed E-state index contributed by atoms with van der Waals surface area (Å²) >= 11 is 0. The maximum atomic E-state index is 11.4. The molecule has 1 N–H and O–H groups in total. The van der Waals surface area contributed by atoms with Crippen molar-refractivity contribution >= 4 is 22.7 Å². The molecule has 0 saturated heterocycles. The van der Waals surface area contributed by atoms with E-state index in [9.17, 15) is 4.79 Å². The third-order valence-electron chi connectivity index (χ3n) is 3.14. The minimum atomic E-state index is -0.227. The van der Waals surface area contributed by atoms with Crippen molar-refractivity contribution < 1.29 is 9.21 Å². The van der Waals surface area contributed by atoms with E-state index in [0.717, 1.165) is 27.9 Å². The Bertz CT molecular complexity index is 834. The summed E-state index contributed by atoms with van der Waals surface area (Å²) in [5.74, 6) is 0.420. The van der Waals surface area contributed by atoms with Gasteiger partial charge in [0.05, 0.1) is 0 Å². The average Bonchev–Trinajstić information content (AvgIpc) is 2.86. The summed E-state index contributed by atoms with van der Waals surface area (Å²) < 4.78 is 5.47. The van der Waals surface area contributed by atoms with Crippen molar-refractivity contribution in [2.75, 3.05) is 5.32 Å². The maximum Gasteiger partial charge on any atom is 0.247 e. The lowest BCUT2D eigenvalue weighted by Crippen LogP contribution is -2.06. The van der Waals surface area contributed by atoms with Crippen LogP contribution >= 0.6 is 0 Å². The highest BCUT2D eigenvalue weighted by Crippen LogP contribution is 2.26. The first-order chi connectivity index (χ1) is 10.2. The molecule has 1 amide bonds. The van der Waals surface area contributed by atoms with Crippen LogP contribution in [0, 0.1) is 6.92 Å². The number of aromatic nitrogens is 1. The van der Waals surface area contributed by atoms with Crippen LogP contribution in [0.5, 0.6) is 0 Å². The Morgan fingerprint density at radius 3 is 2.86 bits per heavy atom. The highest BCUT2D eigenvalue weighted by molar-refractivity contribution is 5.99. The van der Waals surface area contributed by atoms with Crippen LogP contribution in [-0.2, 0) is 4.79 Å². The fraction of sp³-hybridized carbons (Fsp3) is 0.0588. The third kappa shape index (κ3) is 2.69. The monoisotopic (exact) mass is 278 g/mol. The van der Waals surface area contributed by atoms with Gasteiger partial charge >= 0.3 is 0 Å². The summed E-state index contributed by atoms with van der Waals surface area (Å²) in [6.45, 7) is 5.27. The summed E-state index contributed by atoms with van der Waals surface area (Å²) in [7, 11) is 0. The van der Waals surface area contributed by atoms with Crippen molar-refractivity contribution in [3.05, 3.63) is 61.0 Å². The van der Waals surface area contributed by atoms with Crippen molar-refractivity contribution in [1.29, 1.82) is 0 Å². The molecule has 0 atom stereocenters. The van der Waals surface area contributed by atoms with Gasteiger partial charge in [0.2, 0.25) is 5.91 Å². The number of fused-ring (bicyclic) bond motifs is 1. The van der Waals surface area contributed by atoms with Gasteiger partial charge in [-0.25, -0.2) is 4.98 Å². The highest BCUT2D eigenvalue weighted by Gasteiger charge is 2.06. The molecule has 0 aliphatic heterocycles. The quantitative estimate of drug-likeness (QED) is 0.738. The molecule has 21 heavy (non-hydrogen) atoms. The van der Waals surface area contributed by atoms with Gasteiger partial charge in [-0.15, -0.1) is 0 Å². The Balaban J connectivity index is 1.99. The molecule has 104 valence electrons. The highest BCUT2D eigenvalue weighted by atomic mass is 16.3. The van der Waals surface area contributed by atoms with Crippen LogP contribution in [0.4, 0.5) is 5.69 Å². The van der Waals surface area contributed by atoms with Gasteiger partial charge in [0.1, 0.15) is 5.52 Å². The molecule has 0 radical (unpaired) electrons. The van der Waals surface area contributed by atoms with E-state index in [4.69, 9.17) is 4.42 Å². The molecule has 1 aromatic heterocycles. The second kappa shape index (κ2) is 5.25. The number of oxazole rings is 1. The van der Waals surface area contributed by atoms with E-state index in [1.54, 1.807) is 0 Å². The van der Waals surface area contributed by atoms with Crippen molar-refractivity contribution in [2.24, 2.45) is 0 Å². The minimum absolute atomic E-state index is 0.227. The van der Waals surface area contributed by atoms with Crippen LogP contribution < -0.4 is 5.32 Å². The van der Waals surface area contributed by atoms with Crippen LogP contribution in [0.1, 0.15) is 5.89 Å². The van der Waals surface area contributed by atoms with Gasteiger partial charge in [-0.2, -0.15) is 0 Å². The van der Waals surface area contributed by atoms with Gasteiger partial charge < -0.3 is 9.73 Å². The third-order valence-corrected chi connectivity index (χ3v) is 3.14. The average molecular weight is 278 g/mol. The number of hydrogen-bond donors (Lipinski definition) is 1. The lowest BCUT2D eigenvalue weighted by Gasteiger charge is -2.06. The first-order valence-electron chi connectivity index (χ1n) is 6.57. The van der Waals surface area contributed by atoms with Crippen molar-refractivity contribution in [3.63, 3.8) is 0 Å². The zero-order valence-corrected chi connectivity index (χ0v) is 11.6. The van der Waals surface area contributed by atoms with E-state index in [1.165, 1.54) is 6.08 Å². The molecule has 0 spiro atoms. The van der Waals surface area contributed by atoms with Gasteiger partial charge in [-0.3, -0.25) is 4.79 Å². The first-order valence-corrected chi connectivity index (χ1v) is 6.57. The largest absolute Gasteiger partial charge is 0.441 e. The van der Waals surface area contributed by atoms with Crippen molar-refractivity contribution in [2.45, 2.75) is 6.92 Å². The summed E-state index contributed by atoms with van der Waals surface area (Å²) in [4.78, 5) is 15.7. The molecule has 2 aromatic carbocycles. The molecule has 0 aliphatic carbocycles. The van der Waals surface area contributed by atoms with E-state index in [-0.39, 0.29) is 5.91 Å². The fourth-order valence-electron chi connectivity index (χ4n) is 2.19. The number of nitrogens with zero attached hydrogens (tertiary/aromatic N) is 1. The predicted octanol–water partition coefficient (Wildman–Crippen LogP) is 3.93. The molecule has 3 aromatic rings. The topological polar surface area (TPSA) is 55.1 Å². The van der Waals surface area contributed by atoms with E-state index in [0.29, 0.717) is 5.89 Å². The fourth-order valence-corrected chi connectivity index (χ4v) is 2.19. The van der Waals surface area contributed by atoms with E-state index < -0.39 is 0 Å². The van der Waals surface area contributed by atoms with Gasteiger partial charge in [0, 0.05) is 12.6 Å². The second-order valence-corrected chi connectivity index (χ2v) is 4.69. The smallest absolute Gasteiger partial charge is 0.247 e. The summed E-state index contributed by atoms with van der Waals surface area (Å²) in [6, 6.07) is 13.5. The lowest BCUT2D eigenvalue weighted by molar-refractivity contribution is -0.111. The molecule has 0 bridgehead atoms. The Hall–Kier alpha value is -2.88. The number of amides is 1. The molecule has 0 aliphatic rings. The Morgan fingerprint density at radius 1 is 1.24 bits per heavy atom. The number of aryl methyl sites for hydroxylation is 1. The molecule has 4 heteroatoms. The summed E-state index contributed by atoms with van der Waals surface area (Å²) in [5, 5.41) is 2.75. The zero-order valence-electron chi connectivity index (χ0n) is 11.6. The number of carbonyl (C=O) groups excluding carboxylic acids is 1. The zero-order chi connectivity index (χ0) is 14.8. The van der Waals surface area contributed by atoms with E-state index in [2.05, 4.69) is 16.9 Å². The standard InChI is InChI=1S/C17H14N2O2/c1-3-17(20)19-14-6-4-5-12(9-14)13-7-8-16-15(10-13)18-11(2)21-16/h3-10H,1H2,2H3,(H,19,20). The number of anilines is 1. The normalized spacial score (nSPS) is 10.5. The van der Waals surface area contributed by atoms with Gasteiger partial charge in [-0.05, 0) is 41.5 Å². The summed E-state index contributed by atoms with van der Waals surface area (Å²) in [6.07, 6.45) is 1.25. The van der Waals surface area contributed by atoms with Crippen LogP contribution in [0.25, 0.3) is 22.2 Å². The molecule has 1 heterocycles. The predicted molar refractivity (Wildman–Crippen MR) is 83.0 cm³/mol. The molecule has 0 saturated carbocycles. The molecule has 0 unspecified atom stereocenters. The van der Waals surface area contributed by atoms with Crippen LogP contribution in [0.3, 0.4) is 0 Å². The van der Waals surface area contributed by atoms with Gasteiger partial charge in [-0.1, -0.05) is 24.8 Å². The maximum absolute atomic E-state index is 11.4. The number of rotatable bonds is 3. The second-order valence-electron chi connectivity index (χ2n) is 4.69. The Morgan fingerprint density at radius 2 is 2.05 bits per heavy atom. The van der Waals surface area contributed by atoms with Crippen molar-refractivity contribution in [3.8, 4) is 11.1 Å². The molecular formula is C17H14N2O2. The number of hydrogen-bond acceptors (Lipinski definition) is 3. The molecule has 0 fully saturated rings. The van der Waals surface area contributed by atoms with E-state index in [1.807, 2.05) is 49.4 Å². The minimum Gasteiger partial charge on any atom is -0.441 e. The van der Waals surface area contributed by atoms with Crippen LogP contribution in [-0.4, -0.2) is 10.9 Å². The van der Waals surface area contributed by atoms with Gasteiger partial charge in [0.25, 0.3) is 0 Å². The lowest BCUT2D eigenvalue weighted by atomic mass is 10.0. The van der Waals surface area contributed by atoms with Crippen molar-refractivity contribution in [1.82, 2.24) is 4.98 Å². The Labute approximate surface area is 122 Å². The van der Waals surface area contributed by atoms with Crippen LogP contribution in [0.15, 0.2) is 59.5 Å². The van der Waals surface area contributed by atoms with E-state index >= 15 is 0 Å². The van der Waals surface area contributed by atoms with Gasteiger partial charge in [0.15, 0.2) is 11.5 Å². The molecule has 4 nitrogen and oxygen atoms in total.